The molecule has 0 aliphatic carbocycles. The van der Waals surface area contributed by atoms with E-state index in [4.69, 9.17) is 19.8 Å². The monoisotopic (exact) mass is 325 g/mol. The second-order valence-corrected chi connectivity index (χ2v) is 4.23. The predicted molar refractivity (Wildman–Crippen MR) is 73.1 cm³/mol. The first kappa shape index (κ1) is 15.1. The van der Waals surface area contributed by atoms with Gasteiger partial charge in [-0.3, -0.25) is 0 Å². The molecule has 5 nitrogen and oxygen atoms in total. The van der Waals surface area contributed by atoms with Gasteiger partial charge in [-0.1, -0.05) is 15.9 Å². The van der Waals surface area contributed by atoms with Gasteiger partial charge in [0.05, 0.1) is 6.61 Å². The lowest BCUT2D eigenvalue weighted by Crippen LogP contribution is -2.00. The highest BCUT2D eigenvalue weighted by Gasteiger charge is 2.09. The first-order valence-electron chi connectivity index (χ1n) is 5.45. The standard InChI is InChI=1S/C13H12BrNO4/c1-2-18-11-7-9(3-4-13(16)17)10(14)8-12(11)19-6-5-15/h3-4,7-8H,2,6H2,1H3,(H,16,17). The number of nitrogens with zero attached hydrogens (tertiary/aromatic N) is 1. The third kappa shape index (κ3) is 4.64. The Labute approximate surface area is 119 Å². The Balaban J connectivity index is 3.12. The number of carbonyl (C=O) groups is 1. The van der Waals surface area contributed by atoms with E-state index in [1.54, 1.807) is 12.1 Å². The van der Waals surface area contributed by atoms with Crippen LogP contribution in [0.5, 0.6) is 11.5 Å². The molecule has 6 heteroatoms. The molecule has 0 aromatic heterocycles. The van der Waals surface area contributed by atoms with Gasteiger partial charge in [0.25, 0.3) is 0 Å². The van der Waals surface area contributed by atoms with Gasteiger partial charge in [-0.05, 0) is 30.7 Å². The van der Waals surface area contributed by atoms with Crippen molar-refractivity contribution in [1.29, 1.82) is 5.26 Å². The van der Waals surface area contributed by atoms with Crippen LogP contribution in [0.1, 0.15) is 12.5 Å². The summed E-state index contributed by atoms with van der Waals surface area (Å²) in [6.45, 7) is 2.17. The molecule has 0 unspecified atom stereocenters. The average molecular weight is 326 g/mol. The van der Waals surface area contributed by atoms with Gasteiger partial charge < -0.3 is 14.6 Å². The van der Waals surface area contributed by atoms with Crippen LogP contribution in [0.2, 0.25) is 0 Å². The predicted octanol–water partition coefficient (Wildman–Crippen LogP) is 2.85. The molecule has 1 aromatic carbocycles. The highest BCUT2D eigenvalue weighted by atomic mass is 79.9. The molecule has 0 fully saturated rings. The van der Waals surface area contributed by atoms with Crippen molar-refractivity contribution in [2.24, 2.45) is 0 Å². The Kier molecular flexibility index (Phi) is 5.90. The van der Waals surface area contributed by atoms with E-state index in [9.17, 15) is 4.79 Å². The first-order valence-corrected chi connectivity index (χ1v) is 6.24. The maximum atomic E-state index is 10.5. The first-order chi connectivity index (χ1) is 9.08. The van der Waals surface area contributed by atoms with Crippen LogP contribution in [-0.2, 0) is 4.79 Å². The van der Waals surface area contributed by atoms with E-state index < -0.39 is 5.97 Å². The number of carboxylic acids is 1. The van der Waals surface area contributed by atoms with E-state index in [1.807, 2.05) is 13.0 Å². The lowest BCUT2D eigenvalue weighted by Gasteiger charge is -2.12. The summed E-state index contributed by atoms with van der Waals surface area (Å²) in [5.41, 5.74) is 0.648. The number of benzene rings is 1. The molecule has 1 aromatic rings. The number of halogens is 1. The molecule has 0 aliphatic rings. The van der Waals surface area contributed by atoms with Crippen molar-refractivity contribution in [3.63, 3.8) is 0 Å². The molecule has 0 saturated heterocycles. The number of hydrogen-bond acceptors (Lipinski definition) is 4. The molecular weight excluding hydrogens is 314 g/mol. The Hall–Kier alpha value is -2.00. The van der Waals surface area contributed by atoms with Crippen LogP contribution < -0.4 is 9.47 Å². The van der Waals surface area contributed by atoms with E-state index in [1.165, 1.54) is 6.08 Å². The van der Waals surface area contributed by atoms with Crippen molar-refractivity contribution in [3.05, 3.63) is 28.2 Å². The van der Waals surface area contributed by atoms with Crippen molar-refractivity contribution < 1.29 is 19.4 Å². The van der Waals surface area contributed by atoms with Gasteiger partial charge in [0.2, 0.25) is 0 Å². The van der Waals surface area contributed by atoms with Gasteiger partial charge in [-0.15, -0.1) is 0 Å². The molecule has 0 aliphatic heterocycles. The molecule has 0 radical (unpaired) electrons. The maximum Gasteiger partial charge on any atom is 0.328 e. The minimum atomic E-state index is -1.03. The van der Waals surface area contributed by atoms with E-state index in [-0.39, 0.29) is 6.61 Å². The summed E-state index contributed by atoms with van der Waals surface area (Å²) in [5.74, 6) is -0.136. The molecular formula is C13H12BrNO4. The highest BCUT2D eigenvalue weighted by molar-refractivity contribution is 9.10. The zero-order chi connectivity index (χ0) is 14.3. The number of ether oxygens (including phenoxy) is 2. The highest BCUT2D eigenvalue weighted by Crippen LogP contribution is 2.34. The minimum absolute atomic E-state index is 0.0865. The summed E-state index contributed by atoms with van der Waals surface area (Å²) in [6, 6.07) is 5.17. The van der Waals surface area contributed by atoms with Crippen molar-refractivity contribution in [2.75, 3.05) is 13.2 Å². The molecule has 0 heterocycles. The Bertz CT molecular complexity index is 534. The van der Waals surface area contributed by atoms with Crippen LogP contribution in [0.25, 0.3) is 6.08 Å². The second-order valence-electron chi connectivity index (χ2n) is 3.37. The largest absolute Gasteiger partial charge is 0.490 e. The average Bonchev–Trinajstić information content (AvgIpc) is 2.37. The maximum absolute atomic E-state index is 10.5. The fourth-order valence-electron chi connectivity index (χ4n) is 1.33. The van der Waals surface area contributed by atoms with Crippen LogP contribution >= 0.6 is 15.9 Å². The van der Waals surface area contributed by atoms with Gasteiger partial charge in [0.15, 0.2) is 18.1 Å². The molecule has 0 amide bonds. The number of aliphatic carboxylic acids is 1. The minimum Gasteiger partial charge on any atom is -0.490 e. The second kappa shape index (κ2) is 7.44. The van der Waals surface area contributed by atoms with Gasteiger partial charge in [-0.25, -0.2) is 4.79 Å². The zero-order valence-electron chi connectivity index (χ0n) is 10.2. The third-order valence-electron chi connectivity index (χ3n) is 2.06. The van der Waals surface area contributed by atoms with E-state index >= 15 is 0 Å². The Morgan fingerprint density at radius 2 is 2.16 bits per heavy atom. The molecule has 0 saturated carbocycles. The van der Waals surface area contributed by atoms with Crippen molar-refractivity contribution in [3.8, 4) is 17.6 Å². The summed E-state index contributed by atoms with van der Waals surface area (Å²) >= 11 is 3.31. The number of carboxylic acid groups (broad SMARTS) is 1. The van der Waals surface area contributed by atoms with E-state index in [2.05, 4.69) is 15.9 Å². The van der Waals surface area contributed by atoms with Crippen LogP contribution in [0.4, 0.5) is 0 Å². The van der Waals surface area contributed by atoms with E-state index in [0.717, 1.165) is 6.08 Å². The lowest BCUT2D eigenvalue weighted by molar-refractivity contribution is -0.131. The Morgan fingerprint density at radius 1 is 1.47 bits per heavy atom. The van der Waals surface area contributed by atoms with Gasteiger partial charge in [-0.2, -0.15) is 5.26 Å². The van der Waals surface area contributed by atoms with Crippen LogP contribution in [0.15, 0.2) is 22.7 Å². The molecule has 0 spiro atoms. The van der Waals surface area contributed by atoms with Crippen molar-refractivity contribution in [2.45, 2.75) is 6.92 Å². The van der Waals surface area contributed by atoms with Gasteiger partial charge >= 0.3 is 5.97 Å². The lowest BCUT2D eigenvalue weighted by atomic mass is 10.2. The van der Waals surface area contributed by atoms with Crippen molar-refractivity contribution >= 4 is 28.0 Å². The molecule has 100 valence electrons. The summed E-state index contributed by atoms with van der Waals surface area (Å²) < 4.78 is 11.3. The normalized spacial score (nSPS) is 10.2. The fraction of sp³-hybridized carbons (Fsp3) is 0.231. The topological polar surface area (TPSA) is 79.6 Å². The SMILES string of the molecule is CCOc1cc(C=CC(=O)O)c(Br)cc1OCC#N. The fourth-order valence-corrected chi connectivity index (χ4v) is 1.79. The quantitative estimate of drug-likeness (QED) is 0.813. The summed E-state index contributed by atoms with van der Waals surface area (Å²) in [5, 5.41) is 17.1. The van der Waals surface area contributed by atoms with Crippen LogP contribution in [0.3, 0.4) is 0 Å². The number of hydrogen-bond donors (Lipinski definition) is 1. The molecule has 19 heavy (non-hydrogen) atoms. The zero-order valence-corrected chi connectivity index (χ0v) is 11.8. The van der Waals surface area contributed by atoms with Gasteiger partial charge in [0, 0.05) is 10.5 Å². The van der Waals surface area contributed by atoms with E-state index in [0.29, 0.717) is 28.1 Å². The third-order valence-corrected chi connectivity index (χ3v) is 2.75. The number of nitriles is 1. The van der Waals surface area contributed by atoms with Gasteiger partial charge in [0.1, 0.15) is 6.07 Å². The van der Waals surface area contributed by atoms with Crippen LogP contribution in [-0.4, -0.2) is 24.3 Å². The summed E-state index contributed by atoms with van der Waals surface area (Å²) in [6.07, 6.45) is 2.48. The Morgan fingerprint density at radius 3 is 2.74 bits per heavy atom. The van der Waals surface area contributed by atoms with Crippen LogP contribution in [0, 0.1) is 11.3 Å². The molecule has 0 bridgehead atoms. The van der Waals surface area contributed by atoms with Crippen molar-refractivity contribution in [1.82, 2.24) is 0 Å². The smallest absolute Gasteiger partial charge is 0.328 e. The number of rotatable bonds is 6. The summed E-state index contributed by atoms with van der Waals surface area (Å²) in [4.78, 5) is 10.5. The molecule has 0 atom stereocenters. The molecule has 1 rings (SSSR count). The summed E-state index contributed by atoms with van der Waals surface area (Å²) in [7, 11) is 0. The molecule has 1 N–H and O–H groups in total.